The summed E-state index contributed by atoms with van der Waals surface area (Å²) in [5.41, 5.74) is 0.938. The van der Waals surface area contributed by atoms with E-state index in [1.807, 2.05) is 0 Å². The predicted molar refractivity (Wildman–Crippen MR) is 83.5 cm³/mol. The lowest BCUT2D eigenvalue weighted by atomic mass is 10.1. The third-order valence-electron chi connectivity index (χ3n) is 3.04. The minimum atomic E-state index is -0.268. The van der Waals surface area contributed by atoms with Crippen LogP contribution in [0, 0.1) is 17.7 Å². The van der Waals surface area contributed by atoms with Crippen molar-refractivity contribution in [3.63, 3.8) is 0 Å². The fraction of sp³-hybridized carbons (Fsp3) is 0.688. The quantitative estimate of drug-likeness (QED) is 0.791. The van der Waals surface area contributed by atoms with Crippen LogP contribution in [0.1, 0.15) is 40.2 Å². The van der Waals surface area contributed by atoms with Crippen molar-refractivity contribution in [1.29, 1.82) is 0 Å². The third-order valence-corrected chi connectivity index (χ3v) is 3.04. The van der Waals surface area contributed by atoms with Crippen LogP contribution in [0.3, 0.4) is 0 Å². The van der Waals surface area contributed by atoms with Crippen LogP contribution in [-0.4, -0.2) is 24.6 Å². The van der Waals surface area contributed by atoms with Gasteiger partial charge in [0, 0.05) is 25.2 Å². The first-order valence-electron chi connectivity index (χ1n) is 7.54. The Labute approximate surface area is 122 Å². The number of rotatable bonds is 8. The molecule has 0 aliphatic rings. The van der Waals surface area contributed by atoms with E-state index >= 15 is 0 Å². The Morgan fingerprint density at radius 2 is 1.95 bits per heavy atom. The number of nitrogens with zero attached hydrogens (tertiary/aromatic N) is 2. The molecule has 0 bridgehead atoms. The Balaban J connectivity index is 2.87. The molecule has 114 valence electrons. The van der Waals surface area contributed by atoms with Gasteiger partial charge in [-0.1, -0.05) is 27.7 Å². The molecule has 0 unspecified atom stereocenters. The maximum absolute atomic E-state index is 13.5. The van der Waals surface area contributed by atoms with Gasteiger partial charge in [-0.2, -0.15) is 0 Å². The Bertz CT molecular complexity index is 405. The lowest BCUT2D eigenvalue weighted by Gasteiger charge is -2.26. The summed E-state index contributed by atoms with van der Waals surface area (Å²) >= 11 is 0. The van der Waals surface area contributed by atoms with Gasteiger partial charge in [-0.3, -0.25) is 0 Å². The van der Waals surface area contributed by atoms with Crippen LogP contribution in [0.15, 0.2) is 12.3 Å². The summed E-state index contributed by atoms with van der Waals surface area (Å²) in [6.45, 7) is 14.2. The average molecular weight is 281 g/mol. The maximum Gasteiger partial charge on any atom is 0.141 e. The van der Waals surface area contributed by atoms with Crippen LogP contribution < -0.4 is 10.2 Å². The maximum atomic E-state index is 13.5. The molecule has 0 amide bonds. The van der Waals surface area contributed by atoms with E-state index in [1.54, 1.807) is 6.07 Å². The van der Waals surface area contributed by atoms with Crippen molar-refractivity contribution in [3.8, 4) is 0 Å². The van der Waals surface area contributed by atoms with E-state index in [1.165, 1.54) is 6.20 Å². The predicted octanol–water partition coefficient (Wildman–Crippen LogP) is 3.45. The van der Waals surface area contributed by atoms with E-state index in [0.29, 0.717) is 18.4 Å². The normalized spacial score (nSPS) is 11.4. The summed E-state index contributed by atoms with van der Waals surface area (Å²) in [6, 6.07) is 1.60. The number of nitrogens with one attached hydrogen (secondary N) is 1. The van der Waals surface area contributed by atoms with Crippen LogP contribution in [-0.2, 0) is 6.54 Å². The van der Waals surface area contributed by atoms with Crippen LogP contribution in [0.2, 0.25) is 0 Å². The molecule has 20 heavy (non-hydrogen) atoms. The fourth-order valence-corrected chi connectivity index (χ4v) is 2.19. The topological polar surface area (TPSA) is 28.2 Å². The minimum Gasteiger partial charge on any atom is -0.356 e. The van der Waals surface area contributed by atoms with E-state index in [0.717, 1.165) is 31.0 Å². The summed E-state index contributed by atoms with van der Waals surface area (Å²) in [4.78, 5) is 6.53. The number of pyridine rings is 1. The highest BCUT2D eigenvalue weighted by atomic mass is 19.1. The number of hydrogen-bond acceptors (Lipinski definition) is 3. The van der Waals surface area contributed by atoms with Crippen molar-refractivity contribution in [2.75, 3.05) is 24.5 Å². The average Bonchev–Trinajstić information content (AvgIpc) is 2.36. The molecule has 0 saturated carbocycles. The molecular weight excluding hydrogens is 253 g/mol. The first kappa shape index (κ1) is 16.9. The van der Waals surface area contributed by atoms with Gasteiger partial charge in [0.15, 0.2) is 0 Å². The molecule has 1 rings (SSSR count). The van der Waals surface area contributed by atoms with Gasteiger partial charge in [-0.15, -0.1) is 0 Å². The molecular formula is C16H28FN3. The zero-order valence-electron chi connectivity index (χ0n) is 13.4. The van der Waals surface area contributed by atoms with Gasteiger partial charge in [0.05, 0.1) is 6.20 Å². The van der Waals surface area contributed by atoms with Gasteiger partial charge in [-0.05, 0) is 31.4 Å². The molecule has 0 atom stereocenters. The van der Waals surface area contributed by atoms with Crippen LogP contribution in [0.4, 0.5) is 10.2 Å². The Morgan fingerprint density at radius 3 is 2.50 bits per heavy atom. The van der Waals surface area contributed by atoms with Gasteiger partial charge >= 0.3 is 0 Å². The molecule has 1 N–H and O–H groups in total. The zero-order valence-corrected chi connectivity index (χ0v) is 13.4. The third kappa shape index (κ3) is 5.45. The Morgan fingerprint density at radius 1 is 1.25 bits per heavy atom. The molecule has 0 spiro atoms. The highest BCUT2D eigenvalue weighted by Gasteiger charge is 2.13. The highest BCUT2D eigenvalue weighted by molar-refractivity contribution is 5.46. The molecule has 0 fully saturated rings. The molecule has 1 aromatic heterocycles. The first-order valence-corrected chi connectivity index (χ1v) is 7.54. The van der Waals surface area contributed by atoms with Crippen molar-refractivity contribution < 1.29 is 4.39 Å². The van der Waals surface area contributed by atoms with Gasteiger partial charge in [0.25, 0.3) is 0 Å². The van der Waals surface area contributed by atoms with Crippen molar-refractivity contribution in [2.24, 2.45) is 11.8 Å². The molecule has 3 nitrogen and oxygen atoms in total. The number of aromatic nitrogens is 1. The monoisotopic (exact) mass is 281 g/mol. The summed E-state index contributed by atoms with van der Waals surface area (Å²) in [6.07, 6.45) is 1.31. The van der Waals surface area contributed by atoms with Gasteiger partial charge in [-0.25, -0.2) is 9.37 Å². The van der Waals surface area contributed by atoms with Gasteiger partial charge in [0.1, 0.15) is 11.6 Å². The molecule has 0 saturated heterocycles. The Kier molecular flexibility index (Phi) is 6.93. The van der Waals surface area contributed by atoms with Crippen LogP contribution in [0.5, 0.6) is 0 Å². The molecule has 0 aliphatic heterocycles. The fourth-order valence-electron chi connectivity index (χ4n) is 2.19. The van der Waals surface area contributed by atoms with E-state index in [2.05, 4.69) is 49.8 Å². The van der Waals surface area contributed by atoms with Crippen LogP contribution in [0.25, 0.3) is 0 Å². The number of hydrogen-bond donors (Lipinski definition) is 1. The minimum absolute atomic E-state index is 0.268. The van der Waals surface area contributed by atoms with Crippen molar-refractivity contribution >= 4 is 5.82 Å². The SMILES string of the molecule is CCN(CC(C)C)c1ncc(F)cc1CNCC(C)C. The zero-order chi connectivity index (χ0) is 15.1. The summed E-state index contributed by atoms with van der Waals surface area (Å²) < 4.78 is 13.5. The van der Waals surface area contributed by atoms with Gasteiger partial charge in [0.2, 0.25) is 0 Å². The van der Waals surface area contributed by atoms with E-state index < -0.39 is 0 Å². The summed E-state index contributed by atoms with van der Waals surface area (Å²) in [7, 11) is 0. The summed E-state index contributed by atoms with van der Waals surface area (Å²) in [5, 5.41) is 3.37. The van der Waals surface area contributed by atoms with Crippen molar-refractivity contribution in [1.82, 2.24) is 10.3 Å². The molecule has 1 aromatic rings. The number of halogens is 1. The molecule has 0 aromatic carbocycles. The van der Waals surface area contributed by atoms with E-state index in [4.69, 9.17) is 0 Å². The Hall–Kier alpha value is -1.16. The van der Waals surface area contributed by atoms with Crippen molar-refractivity contribution in [3.05, 3.63) is 23.6 Å². The number of anilines is 1. The van der Waals surface area contributed by atoms with E-state index in [9.17, 15) is 4.39 Å². The highest BCUT2D eigenvalue weighted by Crippen LogP contribution is 2.19. The second-order valence-corrected chi connectivity index (χ2v) is 6.09. The lowest BCUT2D eigenvalue weighted by molar-refractivity contribution is 0.546. The molecule has 0 aliphatic carbocycles. The largest absolute Gasteiger partial charge is 0.356 e. The smallest absolute Gasteiger partial charge is 0.141 e. The second kappa shape index (κ2) is 8.20. The van der Waals surface area contributed by atoms with Crippen molar-refractivity contribution in [2.45, 2.75) is 41.2 Å². The van der Waals surface area contributed by atoms with Crippen LogP contribution >= 0.6 is 0 Å². The molecule has 0 radical (unpaired) electrons. The standard InChI is InChI=1S/C16H28FN3/c1-6-20(11-13(4)5)16-14(7-15(17)10-19-16)9-18-8-12(2)3/h7,10,12-13,18H,6,8-9,11H2,1-5H3. The van der Waals surface area contributed by atoms with E-state index in [-0.39, 0.29) is 5.82 Å². The molecule has 1 heterocycles. The summed E-state index contributed by atoms with van der Waals surface area (Å²) in [5.74, 6) is 1.77. The molecule has 4 heteroatoms. The second-order valence-electron chi connectivity index (χ2n) is 6.09. The lowest BCUT2D eigenvalue weighted by Crippen LogP contribution is -2.30. The first-order chi connectivity index (χ1) is 9.43. The van der Waals surface area contributed by atoms with Gasteiger partial charge < -0.3 is 10.2 Å².